The van der Waals surface area contributed by atoms with Gasteiger partial charge in [-0.2, -0.15) is 0 Å². The van der Waals surface area contributed by atoms with E-state index < -0.39 is 5.54 Å². The van der Waals surface area contributed by atoms with Gasteiger partial charge in [-0.05, 0) is 13.3 Å². The second kappa shape index (κ2) is 3.84. The van der Waals surface area contributed by atoms with Crippen molar-refractivity contribution in [2.24, 2.45) is 5.73 Å². The molecule has 0 bridgehead atoms. The second-order valence-corrected chi connectivity index (χ2v) is 2.81. The van der Waals surface area contributed by atoms with Gasteiger partial charge in [-0.15, -0.1) is 0 Å². The first-order valence-electron chi connectivity index (χ1n) is 4.00. The maximum Gasteiger partial charge on any atom is 0.328 e. The molecule has 70 valence electrons. The summed E-state index contributed by atoms with van der Waals surface area (Å²) in [6, 6.07) is 0. The number of nitrogens with two attached hydrogens (primary N) is 1. The average Bonchev–Trinajstić information content (AvgIpc) is 2.06. The summed E-state index contributed by atoms with van der Waals surface area (Å²) < 4.78 is 4.81. The van der Waals surface area contributed by atoms with Crippen LogP contribution < -0.4 is 11.2 Å². The number of carbonyl (C=O) groups excluding carboxylic acids is 1. The average molecular weight is 174 g/mol. The number of hydrogen-bond donors (Lipinski definition) is 2. The molecule has 1 unspecified atom stereocenters. The van der Waals surface area contributed by atoms with Crippen molar-refractivity contribution in [3.63, 3.8) is 0 Å². The molecular weight excluding hydrogens is 160 g/mol. The number of hydroxylamine groups is 1. The van der Waals surface area contributed by atoms with E-state index in [1.54, 1.807) is 6.92 Å². The third-order valence-corrected chi connectivity index (χ3v) is 1.79. The quantitative estimate of drug-likeness (QED) is 0.535. The van der Waals surface area contributed by atoms with E-state index in [1.807, 2.05) is 0 Å². The van der Waals surface area contributed by atoms with Crippen molar-refractivity contribution in [3.8, 4) is 0 Å². The lowest BCUT2D eigenvalue weighted by Crippen LogP contribution is -2.58. The summed E-state index contributed by atoms with van der Waals surface area (Å²) in [4.78, 5) is 16.1. The Morgan fingerprint density at radius 3 is 3.08 bits per heavy atom. The molecule has 1 aliphatic rings. The van der Waals surface area contributed by atoms with E-state index >= 15 is 0 Å². The molecule has 0 spiro atoms. The van der Waals surface area contributed by atoms with E-state index in [4.69, 9.17) is 15.3 Å². The number of hydrogen-bond acceptors (Lipinski definition) is 5. The maximum absolute atomic E-state index is 11.3. The molecule has 3 N–H and O–H groups in total. The Morgan fingerprint density at radius 1 is 1.83 bits per heavy atom. The summed E-state index contributed by atoms with van der Waals surface area (Å²) in [5, 5.41) is 0. The van der Waals surface area contributed by atoms with E-state index in [1.165, 1.54) is 0 Å². The first kappa shape index (κ1) is 9.44. The first-order chi connectivity index (χ1) is 5.69. The van der Waals surface area contributed by atoms with Gasteiger partial charge in [0.2, 0.25) is 0 Å². The highest BCUT2D eigenvalue weighted by atomic mass is 16.6. The first-order valence-corrected chi connectivity index (χ1v) is 4.00. The Morgan fingerprint density at radius 2 is 2.58 bits per heavy atom. The standard InChI is InChI=1S/C7H14N2O3/c1-2-11-6(10)7(8)3-4-9-12-5-7/h9H,2-5,8H2,1H3. The Labute approximate surface area is 71.2 Å². The fourth-order valence-electron chi connectivity index (χ4n) is 1.03. The fraction of sp³-hybridized carbons (Fsp3) is 0.857. The normalized spacial score (nSPS) is 29.8. The topological polar surface area (TPSA) is 73.6 Å². The lowest BCUT2D eigenvalue weighted by molar-refractivity contribution is -0.157. The zero-order valence-corrected chi connectivity index (χ0v) is 7.13. The van der Waals surface area contributed by atoms with E-state index in [2.05, 4.69) is 5.48 Å². The maximum atomic E-state index is 11.3. The molecule has 0 radical (unpaired) electrons. The van der Waals surface area contributed by atoms with Crippen molar-refractivity contribution in [3.05, 3.63) is 0 Å². The molecule has 1 heterocycles. The second-order valence-electron chi connectivity index (χ2n) is 2.81. The summed E-state index contributed by atoms with van der Waals surface area (Å²) in [5.74, 6) is -0.383. The van der Waals surface area contributed by atoms with Crippen LogP contribution in [0.25, 0.3) is 0 Å². The molecule has 0 aromatic rings. The number of carbonyl (C=O) groups is 1. The smallest absolute Gasteiger partial charge is 0.328 e. The molecule has 12 heavy (non-hydrogen) atoms. The molecule has 5 nitrogen and oxygen atoms in total. The molecule has 5 heteroatoms. The molecule has 0 aromatic heterocycles. The van der Waals surface area contributed by atoms with Gasteiger partial charge in [0.15, 0.2) is 0 Å². The van der Waals surface area contributed by atoms with Crippen LogP contribution in [0.4, 0.5) is 0 Å². The molecule has 0 saturated carbocycles. The Balaban J connectivity index is 2.50. The molecule has 1 saturated heterocycles. The van der Waals surface area contributed by atoms with Crippen LogP contribution >= 0.6 is 0 Å². The minimum absolute atomic E-state index is 0.172. The lowest BCUT2D eigenvalue weighted by atomic mass is 9.97. The van der Waals surface area contributed by atoms with Crippen LogP contribution in [-0.4, -0.2) is 31.3 Å². The molecule has 1 rings (SSSR count). The Bertz CT molecular complexity index is 166. The minimum Gasteiger partial charge on any atom is -0.465 e. The highest BCUT2D eigenvalue weighted by Gasteiger charge is 2.37. The largest absolute Gasteiger partial charge is 0.465 e. The van der Waals surface area contributed by atoms with Crippen molar-refractivity contribution < 1.29 is 14.4 Å². The minimum atomic E-state index is -0.957. The SMILES string of the molecule is CCOC(=O)C1(N)CCNOC1. The molecular formula is C7H14N2O3. The van der Waals surface area contributed by atoms with Crippen molar-refractivity contribution >= 4 is 5.97 Å². The van der Waals surface area contributed by atoms with E-state index in [0.29, 0.717) is 19.6 Å². The van der Waals surface area contributed by atoms with Gasteiger partial charge in [0.05, 0.1) is 13.2 Å². The van der Waals surface area contributed by atoms with Gasteiger partial charge in [0.1, 0.15) is 5.54 Å². The third-order valence-electron chi connectivity index (χ3n) is 1.79. The molecule has 0 aliphatic carbocycles. The number of nitrogens with one attached hydrogen (secondary N) is 1. The number of rotatable bonds is 2. The summed E-state index contributed by atoms with van der Waals surface area (Å²) in [6.45, 7) is 2.86. The molecule has 1 atom stereocenters. The zero-order valence-electron chi connectivity index (χ0n) is 7.13. The molecule has 0 aromatic carbocycles. The lowest BCUT2D eigenvalue weighted by Gasteiger charge is -2.30. The number of esters is 1. The van der Waals surface area contributed by atoms with Crippen LogP contribution in [0.1, 0.15) is 13.3 Å². The summed E-state index contributed by atoms with van der Waals surface area (Å²) in [5.41, 5.74) is 7.44. The van der Waals surface area contributed by atoms with Gasteiger partial charge in [-0.25, -0.2) is 10.3 Å². The van der Waals surface area contributed by atoms with Gasteiger partial charge >= 0.3 is 5.97 Å². The van der Waals surface area contributed by atoms with Crippen LogP contribution in [0.3, 0.4) is 0 Å². The van der Waals surface area contributed by atoms with E-state index in [-0.39, 0.29) is 12.6 Å². The van der Waals surface area contributed by atoms with Crippen molar-refractivity contribution in [1.29, 1.82) is 0 Å². The van der Waals surface area contributed by atoms with E-state index in [9.17, 15) is 4.79 Å². The van der Waals surface area contributed by atoms with Gasteiger partial charge in [-0.1, -0.05) is 0 Å². The highest BCUT2D eigenvalue weighted by Crippen LogP contribution is 2.12. The van der Waals surface area contributed by atoms with E-state index in [0.717, 1.165) is 0 Å². The molecule has 1 fully saturated rings. The molecule has 0 amide bonds. The predicted molar refractivity (Wildman–Crippen MR) is 42.1 cm³/mol. The van der Waals surface area contributed by atoms with Crippen LogP contribution in [0.5, 0.6) is 0 Å². The van der Waals surface area contributed by atoms with Gasteiger partial charge in [0.25, 0.3) is 0 Å². The van der Waals surface area contributed by atoms with Crippen molar-refractivity contribution in [1.82, 2.24) is 5.48 Å². The van der Waals surface area contributed by atoms with Crippen LogP contribution in [0.2, 0.25) is 0 Å². The van der Waals surface area contributed by atoms with Crippen LogP contribution in [0, 0.1) is 0 Å². The monoisotopic (exact) mass is 174 g/mol. The van der Waals surface area contributed by atoms with Crippen LogP contribution in [-0.2, 0) is 14.4 Å². The summed E-state index contributed by atoms with van der Waals surface area (Å²) in [6.07, 6.45) is 0.547. The van der Waals surface area contributed by atoms with Gasteiger partial charge < -0.3 is 10.5 Å². The highest BCUT2D eigenvalue weighted by molar-refractivity contribution is 5.80. The van der Waals surface area contributed by atoms with Gasteiger partial charge in [0, 0.05) is 6.54 Å². The fourth-order valence-corrected chi connectivity index (χ4v) is 1.03. The van der Waals surface area contributed by atoms with Gasteiger partial charge in [-0.3, -0.25) is 4.84 Å². The predicted octanol–water partition coefficient (Wildman–Crippen LogP) is -0.828. The Hall–Kier alpha value is -0.650. The number of ether oxygens (including phenoxy) is 1. The Kier molecular flexibility index (Phi) is 3.02. The summed E-state index contributed by atoms with van der Waals surface area (Å²) in [7, 11) is 0. The molecule has 1 aliphatic heterocycles. The van der Waals surface area contributed by atoms with Crippen molar-refractivity contribution in [2.45, 2.75) is 18.9 Å². The zero-order chi connectivity index (χ0) is 9.03. The third kappa shape index (κ3) is 1.94. The van der Waals surface area contributed by atoms with Crippen LogP contribution in [0.15, 0.2) is 0 Å². The summed E-state index contributed by atoms with van der Waals surface area (Å²) >= 11 is 0. The van der Waals surface area contributed by atoms with Crippen molar-refractivity contribution in [2.75, 3.05) is 19.8 Å².